The van der Waals surface area contributed by atoms with Crippen LogP contribution in [0.5, 0.6) is 0 Å². The van der Waals surface area contributed by atoms with Gasteiger partial charge in [-0.1, -0.05) is 22.0 Å². The first kappa shape index (κ1) is 14.0. The zero-order valence-corrected chi connectivity index (χ0v) is 12.2. The molecule has 4 heteroatoms. The van der Waals surface area contributed by atoms with Crippen LogP contribution in [0.1, 0.15) is 24.8 Å². The van der Waals surface area contributed by atoms with Gasteiger partial charge in [-0.2, -0.15) is 0 Å². The summed E-state index contributed by atoms with van der Waals surface area (Å²) in [7, 11) is 0. The lowest BCUT2D eigenvalue weighted by molar-refractivity contribution is 0.331. The maximum absolute atomic E-state index is 13.5. The Morgan fingerprint density at radius 2 is 2.06 bits per heavy atom. The molecule has 1 aliphatic rings. The van der Waals surface area contributed by atoms with Crippen molar-refractivity contribution in [3.63, 3.8) is 0 Å². The third-order valence-corrected chi connectivity index (χ3v) is 3.85. The molecule has 0 atom stereocenters. The lowest BCUT2D eigenvalue weighted by atomic mass is 10.2. The van der Waals surface area contributed by atoms with E-state index in [4.69, 9.17) is 0 Å². The van der Waals surface area contributed by atoms with Crippen molar-refractivity contribution in [1.82, 2.24) is 10.2 Å². The maximum Gasteiger partial charge on any atom is 0.128 e. The Labute approximate surface area is 117 Å². The molecule has 0 saturated carbocycles. The first-order valence-electron chi connectivity index (χ1n) is 6.63. The van der Waals surface area contributed by atoms with Gasteiger partial charge >= 0.3 is 0 Å². The number of rotatable bonds is 6. The van der Waals surface area contributed by atoms with Crippen LogP contribution in [0.3, 0.4) is 0 Å². The second-order valence-electron chi connectivity index (χ2n) is 4.81. The van der Waals surface area contributed by atoms with Crippen LogP contribution in [0, 0.1) is 5.82 Å². The van der Waals surface area contributed by atoms with Crippen molar-refractivity contribution in [3.05, 3.63) is 34.1 Å². The molecule has 2 nitrogen and oxygen atoms in total. The van der Waals surface area contributed by atoms with Crippen LogP contribution in [-0.2, 0) is 6.54 Å². The number of nitrogens with one attached hydrogen (secondary N) is 1. The van der Waals surface area contributed by atoms with E-state index >= 15 is 0 Å². The molecular formula is C14H20BrFN2. The van der Waals surface area contributed by atoms with Crippen LogP contribution in [0.4, 0.5) is 4.39 Å². The van der Waals surface area contributed by atoms with Gasteiger partial charge in [-0.25, -0.2) is 4.39 Å². The van der Waals surface area contributed by atoms with Crippen molar-refractivity contribution in [1.29, 1.82) is 0 Å². The summed E-state index contributed by atoms with van der Waals surface area (Å²) in [5, 5.41) is 3.30. The predicted molar refractivity (Wildman–Crippen MR) is 76.1 cm³/mol. The molecule has 1 fully saturated rings. The van der Waals surface area contributed by atoms with Gasteiger partial charge in [0.1, 0.15) is 5.82 Å². The molecular weight excluding hydrogens is 295 g/mol. The fourth-order valence-corrected chi connectivity index (χ4v) is 2.66. The Hall–Kier alpha value is -0.450. The van der Waals surface area contributed by atoms with E-state index < -0.39 is 0 Å². The second kappa shape index (κ2) is 7.22. The third-order valence-electron chi connectivity index (χ3n) is 3.36. The topological polar surface area (TPSA) is 15.3 Å². The Bertz CT molecular complexity index is 378. The largest absolute Gasteiger partial charge is 0.313 e. The minimum Gasteiger partial charge on any atom is -0.313 e. The van der Waals surface area contributed by atoms with Crippen LogP contribution >= 0.6 is 15.9 Å². The molecule has 1 aromatic carbocycles. The highest BCUT2D eigenvalue weighted by Crippen LogP contribution is 2.15. The van der Waals surface area contributed by atoms with Crippen molar-refractivity contribution in [2.75, 3.05) is 26.2 Å². The number of hydrogen-bond acceptors (Lipinski definition) is 2. The van der Waals surface area contributed by atoms with E-state index in [0.29, 0.717) is 6.54 Å². The molecule has 1 heterocycles. The number of benzene rings is 1. The van der Waals surface area contributed by atoms with E-state index in [1.54, 1.807) is 0 Å². The van der Waals surface area contributed by atoms with Gasteiger partial charge < -0.3 is 10.2 Å². The average Bonchev–Trinajstić information content (AvgIpc) is 2.84. The first-order valence-corrected chi connectivity index (χ1v) is 7.42. The average molecular weight is 315 g/mol. The molecule has 1 aromatic rings. The van der Waals surface area contributed by atoms with Crippen LogP contribution in [0.25, 0.3) is 0 Å². The smallest absolute Gasteiger partial charge is 0.128 e. The molecule has 18 heavy (non-hydrogen) atoms. The number of likely N-dealkylation sites (tertiary alicyclic amines) is 1. The van der Waals surface area contributed by atoms with E-state index in [2.05, 4.69) is 26.1 Å². The van der Waals surface area contributed by atoms with Crippen molar-refractivity contribution >= 4 is 15.9 Å². The lowest BCUT2D eigenvalue weighted by Gasteiger charge is -2.14. The summed E-state index contributed by atoms with van der Waals surface area (Å²) in [5.74, 6) is -0.142. The van der Waals surface area contributed by atoms with Gasteiger partial charge in [0.2, 0.25) is 0 Å². The maximum atomic E-state index is 13.5. The van der Waals surface area contributed by atoms with E-state index in [0.717, 1.165) is 29.5 Å². The van der Waals surface area contributed by atoms with E-state index in [-0.39, 0.29) is 5.82 Å². The lowest BCUT2D eigenvalue weighted by Crippen LogP contribution is -2.24. The highest BCUT2D eigenvalue weighted by atomic mass is 79.9. The van der Waals surface area contributed by atoms with Crippen LogP contribution in [0.2, 0.25) is 0 Å². The SMILES string of the molecule is Fc1cc(Br)ccc1CNCCCN1CCCC1. The normalized spacial score (nSPS) is 16.3. The summed E-state index contributed by atoms with van der Waals surface area (Å²) in [4.78, 5) is 2.50. The fraction of sp³-hybridized carbons (Fsp3) is 0.571. The summed E-state index contributed by atoms with van der Waals surface area (Å²) in [5.41, 5.74) is 0.736. The Kier molecular flexibility index (Phi) is 5.60. The summed E-state index contributed by atoms with van der Waals surface area (Å²) < 4.78 is 14.3. The third kappa shape index (κ3) is 4.34. The monoisotopic (exact) mass is 314 g/mol. The molecule has 1 saturated heterocycles. The summed E-state index contributed by atoms with van der Waals surface area (Å²) >= 11 is 3.26. The molecule has 0 spiro atoms. The Balaban J connectivity index is 1.62. The molecule has 0 amide bonds. The molecule has 2 rings (SSSR count). The van der Waals surface area contributed by atoms with E-state index in [1.807, 2.05) is 12.1 Å². The van der Waals surface area contributed by atoms with Crippen molar-refractivity contribution in [2.24, 2.45) is 0 Å². The number of halogens is 2. The Morgan fingerprint density at radius 3 is 2.78 bits per heavy atom. The van der Waals surface area contributed by atoms with Gasteiger partial charge in [-0.15, -0.1) is 0 Å². The highest BCUT2D eigenvalue weighted by Gasteiger charge is 2.10. The molecule has 0 bridgehead atoms. The van der Waals surface area contributed by atoms with Crippen molar-refractivity contribution < 1.29 is 4.39 Å². The molecule has 0 radical (unpaired) electrons. The predicted octanol–water partition coefficient (Wildman–Crippen LogP) is 3.16. The zero-order chi connectivity index (χ0) is 12.8. The van der Waals surface area contributed by atoms with Gasteiger partial charge in [-0.3, -0.25) is 0 Å². The summed E-state index contributed by atoms with van der Waals surface area (Å²) in [6.07, 6.45) is 3.83. The second-order valence-corrected chi connectivity index (χ2v) is 5.73. The number of hydrogen-bond donors (Lipinski definition) is 1. The van der Waals surface area contributed by atoms with Crippen LogP contribution in [0.15, 0.2) is 22.7 Å². The molecule has 0 aliphatic carbocycles. The Morgan fingerprint density at radius 1 is 1.28 bits per heavy atom. The quantitative estimate of drug-likeness (QED) is 0.811. The molecule has 0 unspecified atom stereocenters. The number of nitrogens with zero attached hydrogens (tertiary/aromatic N) is 1. The summed E-state index contributed by atoms with van der Waals surface area (Å²) in [6, 6.07) is 5.22. The van der Waals surface area contributed by atoms with E-state index in [1.165, 1.54) is 32.0 Å². The molecule has 100 valence electrons. The van der Waals surface area contributed by atoms with Crippen molar-refractivity contribution in [2.45, 2.75) is 25.8 Å². The minimum absolute atomic E-state index is 0.142. The van der Waals surface area contributed by atoms with Crippen LogP contribution < -0.4 is 5.32 Å². The summed E-state index contributed by atoms with van der Waals surface area (Å²) in [6.45, 7) is 5.23. The fourth-order valence-electron chi connectivity index (χ4n) is 2.32. The van der Waals surface area contributed by atoms with Crippen molar-refractivity contribution in [3.8, 4) is 0 Å². The van der Waals surface area contributed by atoms with Gasteiger partial charge in [0.15, 0.2) is 0 Å². The van der Waals surface area contributed by atoms with Gasteiger partial charge in [0, 0.05) is 16.6 Å². The van der Waals surface area contributed by atoms with Gasteiger partial charge in [0.25, 0.3) is 0 Å². The first-order chi connectivity index (χ1) is 8.75. The minimum atomic E-state index is -0.142. The highest BCUT2D eigenvalue weighted by molar-refractivity contribution is 9.10. The van der Waals surface area contributed by atoms with E-state index in [9.17, 15) is 4.39 Å². The molecule has 1 N–H and O–H groups in total. The van der Waals surface area contributed by atoms with Crippen LogP contribution in [-0.4, -0.2) is 31.1 Å². The standard InChI is InChI=1S/C14H20BrFN2/c15-13-5-4-12(14(16)10-13)11-17-6-3-9-18-7-1-2-8-18/h4-5,10,17H,1-3,6-9,11H2. The molecule has 1 aliphatic heterocycles. The molecule has 0 aromatic heterocycles. The van der Waals surface area contributed by atoms with Gasteiger partial charge in [0.05, 0.1) is 0 Å². The zero-order valence-electron chi connectivity index (χ0n) is 10.6. The van der Waals surface area contributed by atoms with Gasteiger partial charge in [-0.05, 0) is 57.6 Å².